The summed E-state index contributed by atoms with van der Waals surface area (Å²) in [6.07, 6.45) is 1.07. The zero-order chi connectivity index (χ0) is 14.6. The van der Waals surface area contributed by atoms with Crippen LogP contribution in [0.25, 0.3) is 0 Å². The van der Waals surface area contributed by atoms with E-state index in [1.54, 1.807) is 0 Å². The third kappa shape index (κ3) is 3.50. The Hall–Kier alpha value is -2.45. The normalized spacial score (nSPS) is 10.9. The molecular weight excluding hydrogens is 252 g/mol. The van der Waals surface area contributed by atoms with Gasteiger partial charge >= 0.3 is 5.69 Å². The minimum atomic E-state index is -1.16. The van der Waals surface area contributed by atoms with E-state index in [0.717, 1.165) is 6.20 Å². The van der Waals surface area contributed by atoms with Gasteiger partial charge in [-0.1, -0.05) is 0 Å². The third-order valence-electron chi connectivity index (χ3n) is 2.35. The summed E-state index contributed by atoms with van der Waals surface area (Å²) in [5.74, 6) is -0.471. The average Bonchev–Trinajstić information content (AvgIpc) is 2.28. The van der Waals surface area contributed by atoms with E-state index in [9.17, 15) is 14.9 Å². The lowest BCUT2D eigenvalue weighted by molar-refractivity contribution is -0.384. The molecule has 19 heavy (non-hydrogen) atoms. The molecule has 0 atom stereocenters. The van der Waals surface area contributed by atoms with Crippen molar-refractivity contribution in [2.24, 2.45) is 5.73 Å². The van der Waals surface area contributed by atoms with Crippen molar-refractivity contribution in [3.8, 4) is 0 Å². The second kappa shape index (κ2) is 5.46. The van der Waals surface area contributed by atoms with Crippen LogP contribution in [0.1, 0.15) is 20.8 Å². The van der Waals surface area contributed by atoms with Crippen molar-refractivity contribution in [1.82, 2.24) is 9.97 Å². The largest absolute Gasteiger partial charge is 0.368 e. The standard InChI is InChI=1S/C10H16N6O3/c1-4-12-9-13-5-6(16(18)19)7(14-9)15-10(2,3)8(11)17/h5H,4H2,1-3H3,(H2,11,17)(H2,12,13,14,15). The first-order chi connectivity index (χ1) is 8.77. The Balaban J connectivity index is 3.18. The van der Waals surface area contributed by atoms with Gasteiger partial charge in [-0.25, -0.2) is 4.98 Å². The average molecular weight is 268 g/mol. The molecule has 1 amide bonds. The highest BCUT2D eigenvalue weighted by atomic mass is 16.6. The number of aromatic nitrogens is 2. The molecule has 9 nitrogen and oxygen atoms in total. The summed E-state index contributed by atoms with van der Waals surface area (Å²) in [5.41, 5.74) is 3.72. The molecule has 0 bridgehead atoms. The number of hydrogen-bond acceptors (Lipinski definition) is 7. The van der Waals surface area contributed by atoms with Gasteiger partial charge in [0.15, 0.2) is 0 Å². The smallest absolute Gasteiger partial charge is 0.329 e. The Morgan fingerprint density at radius 2 is 2.21 bits per heavy atom. The molecule has 1 rings (SSSR count). The van der Waals surface area contributed by atoms with Gasteiger partial charge in [-0.05, 0) is 20.8 Å². The van der Waals surface area contributed by atoms with Crippen LogP contribution in [0.2, 0.25) is 0 Å². The maximum atomic E-state index is 11.2. The van der Waals surface area contributed by atoms with Crippen LogP contribution >= 0.6 is 0 Å². The molecule has 0 aliphatic rings. The molecule has 1 heterocycles. The monoisotopic (exact) mass is 268 g/mol. The minimum Gasteiger partial charge on any atom is -0.368 e. The van der Waals surface area contributed by atoms with Crippen molar-refractivity contribution in [2.45, 2.75) is 26.3 Å². The number of rotatable bonds is 6. The third-order valence-corrected chi connectivity index (χ3v) is 2.35. The van der Waals surface area contributed by atoms with Crippen LogP contribution in [0, 0.1) is 10.1 Å². The Labute approximate surface area is 109 Å². The summed E-state index contributed by atoms with van der Waals surface area (Å²) < 4.78 is 0. The molecule has 0 aliphatic carbocycles. The molecule has 0 aliphatic heterocycles. The lowest BCUT2D eigenvalue weighted by atomic mass is 10.1. The summed E-state index contributed by atoms with van der Waals surface area (Å²) in [5, 5.41) is 16.4. The zero-order valence-electron chi connectivity index (χ0n) is 10.9. The topological polar surface area (TPSA) is 136 Å². The maximum absolute atomic E-state index is 11.2. The van der Waals surface area contributed by atoms with Crippen LogP contribution in [0.15, 0.2) is 6.20 Å². The fourth-order valence-electron chi connectivity index (χ4n) is 1.20. The molecule has 0 unspecified atom stereocenters. The molecule has 0 radical (unpaired) electrons. The van der Waals surface area contributed by atoms with Crippen LogP contribution in [0.4, 0.5) is 17.5 Å². The van der Waals surface area contributed by atoms with Gasteiger partial charge in [0.1, 0.15) is 11.7 Å². The van der Waals surface area contributed by atoms with E-state index in [0.29, 0.717) is 6.54 Å². The number of primary amides is 1. The van der Waals surface area contributed by atoms with Gasteiger partial charge in [0.2, 0.25) is 17.7 Å². The van der Waals surface area contributed by atoms with E-state index >= 15 is 0 Å². The van der Waals surface area contributed by atoms with E-state index in [1.165, 1.54) is 13.8 Å². The van der Waals surface area contributed by atoms with E-state index in [2.05, 4.69) is 20.6 Å². The molecule has 0 spiro atoms. The number of nitro groups is 1. The molecule has 0 saturated heterocycles. The summed E-state index contributed by atoms with van der Waals surface area (Å²) >= 11 is 0. The number of carbonyl (C=O) groups is 1. The van der Waals surface area contributed by atoms with Gasteiger partial charge in [-0.3, -0.25) is 14.9 Å². The highest BCUT2D eigenvalue weighted by Gasteiger charge is 2.29. The minimum absolute atomic E-state index is 0.0558. The SMILES string of the molecule is CCNc1ncc([N+](=O)[O-])c(NC(C)(C)C(N)=O)n1. The Kier molecular flexibility index (Phi) is 4.20. The van der Waals surface area contributed by atoms with Gasteiger partial charge in [0, 0.05) is 6.54 Å². The van der Waals surface area contributed by atoms with Crippen LogP contribution < -0.4 is 16.4 Å². The molecule has 1 aromatic heterocycles. The van der Waals surface area contributed by atoms with Crippen molar-refractivity contribution in [2.75, 3.05) is 17.2 Å². The fraction of sp³-hybridized carbons (Fsp3) is 0.500. The molecule has 0 saturated carbocycles. The number of nitrogens with two attached hydrogens (primary N) is 1. The second-order valence-corrected chi connectivity index (χ2v) is 4.33. The zero-order valence-corrected chi connectivity index (χ0v) is 10.9. The van der Waals surface area contributed by atoms with Gasteiger partial charge in [-0.2, -0.15) is 4.98 Å². The van der Waals surface area contributed by atoms with Gasteiger partial charge in [0.05, 0.1) is 4.92 Å². The lowest BCUT2D eigenvalue weighted by Crippen LogP contribution is -2.45. The van der Waals surface area contributed by atoms with Gasteiger partial charge < -0.3 is 16.4 Å². The van der Waals surface area contributed by atoms with Crippen LogP contribution in [0.3, 0.4) is 0 Å². The number of anilines is 2. The van der Waals surface area contributed by atoms with E-state index in [1.807, 2.05) is 6.92 Å². The van der Waals surface area contributed by atoms with Crippen LogP contribution in [-0.2, 0) is 4.79 Å². The second-order valence-electron chi connectivity index (χ2n) is 4.33. The van der Waals surface area contributed by atoms with Crippen LogP contribution in [-0.4, -0.2) is 32.9 Å². The van der Waals surface area contributed by atoms with Gasteiger partial charge in [-0.15, -0.1) is 0 Å². The first-order valence-electron chi connectivity index (χ1n) is 5.61. The predicted octanol–water partition coefficient (Wildman–Crippen LogP) is 0.492. The Bertz CT molecular complexity index is 502. The molecule has 1 aromatic rings. The van der Waals surface area contributed by atoms with Crippen molar-refractivity contribution in [1.29, 1.82) is 0 Å². The first kappa shape index (κ1) is 14.6. The van der Waals surface area contributed by atoms with Gasteiger partial charge in [0.25, 0.3) is 0 Å². The quantitative estimate of drug-likeness (QED) is 0.504. The molecule has 9 heteroatoms. The molecule has 0 aromatic carbocycles. The number of hydrogen-bond donors (Lipinski definition) is 3. The Morgan fingerprint density at radius 1 is 1.58 bits per heavy atom. The van der Waals surface area contributed by atoms with Crippen molar-refractivity contribution in [3.05, 3.63) is 16.3 Å². The first-order valence-corrected chi connectivity index (χ1v) is 5.61. The van der Waals surface area contributed by atoms with Crippen LogP contribution in [0.5, 0.6) is 0 Å². The number of nitrogens with zero attached hydrogens (tertiary/aromatic N) is 3. The van der Waals surface area contributed by atoms with E-state index in [-0.39, 0.29) is 17.5 Å². The number of amides is 1. The molecule has 104 valence electrons. The highest BCUT2D eigenvalue weighted by molar-refractivity contribution is 5.87. The maximum Gasteiger partial charge on any atom is 0.329 e. The Morgan fingerprint density at radius 3 is 2.68 bits per heavy atom. The summed E-state index contributed by atoms with van der Waals surface area (Å²) in [6.45, 7) is 5.42. The number of nitrogens with one attached hydrogen (secondary N) is 2. The van der Waals surface area contributed by atoms with E-state index < -0.39 is 16.4 Å². The number of carbonyl (C=O) groups excluding carboxylic acids is 1. The molecule has 0 fully saturated rings. The summed E-state index contributed by atoms with van der Waals surface area (Å²) in [4.78, 5) is 29.3. The highest BCUT2D eigenvalue weighted by Crippen LogP contribution is 2.25. The van der Waals surface area contributed by atoms with Crippen molar-refractivity contribution < 1.29 is 9.72 Å². The summed E-state index contributed by atoms with van der Waals surface area (Å²) in [6, 6.07) is 0. The molecule has 4 N–H and O–H groups in total. The van der Waals surface area contributed by atoms with Crippen molar-refractivity contribution in [3.63, 3.8) is 0 Å². The predicted molar refractivity (Wildman–Crippen MR) is 69.7 cm³/mol. The van der Waals surface area contributed by atoms with Crippen molar-refractivity contribution >= 4 is 23.4 Å². The molecular formula is C10H16N6O3. The lowest BCUT2D eigenvalue weighted by Gasteiger charge is -2.22. The fourth-order valence-corrected chi connectivity index (χ4v) is 1.20. The van der Waals surface area contributed by atoms with E-state index in [4.69, 9.17) is 5.73 Å². The summed E-state index contributed by atoms with van der Waals surface area (Å²) in [7, 11) is 0.